The van der Waals surface area contributed by atoms with Crippen molar-refractivity contribution in [3.8, 4) is 5.75 Å². The monoisotopic (exact) mass is 289 g/mol. The third-order valence-electron chi connectivity index (χ3n) is 5.30. The summed E-state index contributed by atoms with van der Waals surface area (Å²) in [6.45, 7) is 3.05. The van der Waals surface area contributed by atoms with E-state index in [1.807, 2.05) is 0 Å². The van der Waals surface area contributed by atoms with Gasteiger partial charge in [0.15, 0.2) is 0 Å². The number of nitrogens with one attached hydrogen (secondary N) is 1. The Kier molecular flexibility index (Phi) is 4.23. The topological polar surface area (TPSA) is 30.5 Å². The van der Waals surface area contributed by atoms with Crippen LogP contribution in [0.2, 0.25) is 0 Å². The summed E-state index contributed by atoms with van der Waals surface area (Å²) in [6.07, 6.45) is 6.11. The average Bonchev–Trinajstić information content (AvgIpc) is 2.47. The SMILES string of the molecule is CNC(c1cc(C)ccc1OC)C1CCOC2(CCC2)C1. The second-order valence-electron chi connectivity index (χ2n) is 6.65. The highest BCUT2D eigenvalue weighted by Gasteiger charge is 2.44. The van der Waals surface area contributed by atoms with Gasteiger partial charge in [0.05, 0.1) is 12.7 Å². The van der Waals surface area contributed by atoms with Crippen molar-refractivity contribution in [1.29, 1.82) is 0 Å². The van der Waals surface area contributed by atoms with Crippen molar-refractivity contribution >= 4 is 0 Å². The summed E-state index contributed by atoms with van der Waals surface area (Å²) in [5.74, 6) is 1.62. The zero-order chi connectivity index (χ0) is 14.9. The number of hydrogen-bond acceptors (Lipinski definition) is 3. The van der Waals surface area contributed by atoms with Gasteiger partial charge in [0.25, 0.3) is 0 Å². The molecule has 116 valence electrons. The smallest absolute Gasteiger partial charge is 0.123 e. The lowest BCUT2D eigenvalue weighted by Crippen LogP contribution is -2.47. The molecular formula is C18H27NO2. The number of ether oxygens (including phenoxy) is 2. The van der Waals surface area contributed by atoms with Crippen LogP contribution in [0, 0.1) is 12.8 Å². The van der Waals surface area contributed by atoms with Crippen molar-refractivity contribution in [3.05, 3.63) is 29.3 Å². The highest BCUT2D eigenvalue weighted by atomic mass is 16.5. The molecule has 1 spiro atoms. The molecule has 3 rings (SSSR count). The van der Waals surface area contributed by atoms with E-state index in [0.717, 1.165) is 18.8 Å². The molecule has 1 aromatic carbocycles. The first-order valence-electron chi connectivity index (χ1n) is 8.13. The molecule has 3 nitrogen and oxygen atoms in total. The minimum atomic E-state index is 0.190. The highest BCUT2D eigenvalue weighted by Crippen LogP contribution is 2.48. The fraction of sp³-hybridized carbons (Fsp3) is 0.667. The maximum Gasteiger partial charge on any atom is 0.123 e. The molecule has 2 unspecified atom stereocenters. The van der Waals surface area contributed by atoms with Crippen molar-refractivity contribution < 1.29 is 9.47 Å². The van der Waals surface area contributed by atoms with E-state index in [1.165, 1.54) is 36.8 Å². The third kappa shape index (κ3) is 2.82. The van der Waals surface area contributed by atoms with E-state index in [2.05, 4.69) is 37.5 Å². The van der Waals surface area contributed by atoms with Crippen LogP contribution in [0.3, 0.4) is 0 Å². The molecule has 2 fully saturated rings. The summed E-state index contributed by atoms with van der Waals surface area (Å²) in [7, 11) is 3.83. The molecule has 1 N–H and O–H groups in total. The minimum Gasteiger partial charge on any atom is -0.496 e. The Morgan fingerprint density at radius 3 is 2.81 bits per heavy atom. The maximum atomic E-state index is 6.08. The Morgan fingerprint density at radius 2 is 2.19 bits per heavy atom. The lowest BCUT2D eigenvalue weighted by molar-refractivity contribution is -0.147. The van der Waals surface area contributed by atoms with Crippen LogP contribution in [-0.4, -0.2) is 26.4 Å². The largest absolute Gasteiger partial charge is 0.496 e. The normalized spacial score (nSPS) is 25.4. The predicted molar refractivity (Wildman–Crippen MR) is 84.8 cm³/mol. The molecule has 1 saturated carbocycles. The quantitative estimate of drug-likeness (QED) is 0.918. The van der Waals surface area contributed by atoms with Gasteiger partial charge in [0.2, 0.25) is 0 Å². The van der Waals surface area contributed by atoms with E-state index in [9.17, 15) is 0 Å². The summed E-state index contributed by atoms with van der Waals surface area (Å²) >= 11 is 0. The summed E-state index contributed by atoms with van der Waals surface area (Å²) in [4.78, 5) is 0. The van der Waals surface area contributed by atoms with Gasteiger partial charge in [-0.25, -0.2) is 0 Å². The van der Waals surface area contributed by atoms with Gasteiger partial charge in [-0.2, -0.15) is 0 Å². The summed E-state index contributed by atoms with van der Waals surface area (Å²) in [5.41, 5.74) is 2.77. The van der Waals surface area contributed by atoms with E-state index in [4.69, 9.17) is 9.47 Å². The van der Waals surface area contributed by atoms with Crippen molar-refractivity contribution in [2.75, 3.05) is 20.8 Å². The molecule has 0 bridgehead atoms. The Morgan fingerprint density at radius 1 is 1.38 bits per heavy atom. The predicted octanol–water partition coefficient (Wildman–Crippen LogP) is 3.61. The molecule has 0 aromatic heterocycles. The van der Waals surface area contributed by atoms with Gasteiger partial charge in [-0.05, 0) is 58.1 Å². The molecule has 21 heavy (non-hydrogen) atoms. The molecule has 2 atom stereocenters. The van der Waals surface area contributed by atoms with Crippen LogP contribution in [-0.2, 0) is 4.74 Å². The van der Waals surface area contributed by atoms with Gasteiger partial charge in [-0.1, -0.05) is 17.7 Å². The van der Waals surface area contributed by atoms with E-state index >= 15 is 0 Å². The fourth-order valence-electron chi connectivity index (χ4n) is 4.01. The van der Waals surface area contributed by atoms with Gasteiger partial charge in [0.1, 0.15) is 5.75 Å². The van der Waals surface area contributed by atoms with Crippen LogP contribution in [0.4, 0.5) is 0 Å². The molecule has 0 radical (unpaired) electrons. The van der Waals surface area contributed by atoms with Crippen LogP contribution in [0.25, 0.3) is 0 Å². The van der Waals surface area contributed by atoms with Crippen LogP contribution >= 0.6 is 0 Å². The maximum absolute atomic E-state index is 6.08. The second-order valence-corrected chi connectivity index (χ2v) is 6.65. The zero-order valence-corrected chi connectivity index (χ0v) is 13.4. The molecule has 3 heteroatoms. The van der Waals surface area contributed by atoms with Crippen molar-refractivity contribution in [2.45, 2.75) is 50.7 Å². The molecule has 1 aliphatic carbocycles. The Bertz CT molecular complexity index is 496. The second kappa shape index (κ2) is 5.98. The van der Waals surface area contributed by atoms with E-state index < -0.39 is 0 Å². The average molecular weight is 289 g/mol. The fourth-order valence-corrected chi connectivity index (χ4v) is 4.01. The van der Waals surface area contributed by atoms with Crippen molar-refractivity contribution in [2.24, 2.45) is 5.92 Å². The van der Waals surface area contributed by atoms with Crippen molar-refractivity contribution in [3.63, 3.8) is 0 Å². The minimum absolute atomic E-state index is 0.190. The number of rotatable bonds is 4. The first kappa shape index (κ1) is 14.9. The van der Waals surface area contributed by atoms with Crippen LogP contribution < -0.4 is 10.1 Å². The van der Waals surface area contributed by atoms with Crippen LogP contribution in [0.5, 0.6) is 5.75 Å². The van der Waals surface area contributed by atoms with E-state index in [1.54, 1.807) is 7.11 Å². The first-order valence-corrected chi connectivity index (χ1v) is 8.13. The van der Waals surface area contributed by atoms with Crippen LogP contribution in [0.15, 0.2) is 18.2 Å². The van der Waals surface area contributed by atoms with Gasteiger partial charge in [-0.3, -0.25) is 0 Å². The molecule has 2 aliphatic rings. The molecule has 1 saturated heterocycles. The highest BCUT2D eigenvalue weighted by molar-refractivity contribution is 5.39. The van der Waals surface area contributed by atoms with Gasteiger partial charge in [0, 0.05) is 18.2 Å². The number of methoxy groups -OCH3 is 1. The van der Waals surface area contributed by atoms with E-state index in [0.29, 0.717) is 12.0 Å². The number of hydrogen-bond donors (Lipinski definition) is 1. The summed E-state index contributed by atoms with van der Waals surface area (Å²) in [5, 5.41) is 3.54. The standard InChI is InChI=1S/C18H27NO2/c1-13-5-6-16(20-3)15(11-13)17(19-2)14-7-10-21-18(12-14)8-4-9-18/h5-6,11,14,17,19H,4,7-10,12H2,1-3H3. The van der Waals surface area contributed by atoms with Gasteiger partial charge in [-0.15, -0.1) is 0 Å². The van der Waals surface area contributed by atoms with Gasteiger partial charge < -0.3 is 14.8 Å². The Hall–Kier alpha value is -1.06. The van der Waals surface area contributed by atoms with Crippen molar-refractivity contribution in [1.82, 2.24) is 5.32 Å². The molecular weight excluding hydrogens is 262 g/mol. The van der Waals surface area contributed by atoms with Gasteiger partial charge >= 0.3 is 0 Å². The summed E-state index contributed by atoms with van der Waals surface area (Å²) in [6, 6.07) is 6.82. The third-order valence-corrected chi connectivity index (χ3v) is 5.30. The summed E-state index contributed by atoms with van der Waals surface area (Å²) < 4.78 is 11.7. The first-order chi connectivity index (χ1) is 10.2. The molecule has 1 aromatic rings. The Labute approximate surface area is 128 Å². The van der Waals surface area contributed by atoms with E-state index in [-0.39, 0.29) is 5.60 Å². The molecule has 1 heterocycles. The van der Waals surface area contributed by atoms with Crippen LogP contribution in [0.1, 0.15) is 49.3 Å². The lowest BCUT2D eigenvalue weighted by Gasteiger charge is -2.49. The molecule has 1 aliphatic heterocycles. The Balaban J connectivity index is 1.85. The number of benzene rings is 1. The molecule has 0 amide bonds. The lowest BCUT2D eigenvalue weighted by atomic mass is 9.69. The zero-order valence-electron chi connectivity index (χ0n) is 13.4. The number of aryl methyl sites for hydroxylation is 1.